The predicted molar refractivity (Wildman–Crippen MR) is 75.3 cm³/mol. The molecule has 0 bridgehead atoms. The maximum atomic E-state index is 11.4. The molecule has 0 spiro atoms. The molecule has 0 saturated carbocycles. The first-order valence-corrected chi connectivity index (χ1v) is 6.39. The molecule has 20 heavy (non-hydrogen) atoms. The molecular formula is C16H17NO3. The van der Waals surface area contributed by atoms with Crippen molar-refractivity contribution in [3.05, 3.63) is 71.8 Å². The highest BCUT2D eigenvalue weighted by Gasteiger charge is 2.17. The summed E-state index contributed by atoms with van der Waals surface area (Å²) < 4.78 is 5.83. The van der Waals surface area contributed by atoms with Crippen LogP contribution in [0, 0.1) is 0 Å². The van der Waals surface area contributed by atoms with Crippen molar-refractivity contribution in [3.63, 3.8) is 0 Å². The van der Waals surface area contributed by atoms with E-state index < -0.39 is 5.97 Å². The van der Waals surface area contributed by atoms with Crippen molar-refractivity contribution < 1.29 is 14.4 Å². The second kappa shape index (κ2) is 7.43. The average Bonchev–Trinajstić information content (AvgIpc) is 2.53. The zero-order valence-electron chi connectivity index (χ0n) is 11.1. The van der Waals surface area contributed by atoms with Gasteiger partial charge in [-0.05, 0) is 11.1 Å². The summed E-state index contributed by atoms with van der Waals surface area (Å²) >= 11 is 0. The Morgan fingerprint density at radius 3 is 2.20 bits per heavy atom. The van der Waals surface area contributed by atoms with Gasteiger partial charge in [0, 0.05) is 0 Å². The predicted octanol–water partition coefficient (Wildman–Crippen LogP) is 2.75. The first kappa shape index (κ1) is 14.2. The topological polar surface area (TPSA) is 61.5 Å². The van der Waals surface area contributed by atoms with E-state index in [4.69, 9.17) is 10.6 Å². The molecule has 104 valence electrons. The van der Waals surface area contributed by atoms with E-state index in [1.54, 1.807) is 0 Å². The lowest BCUT2D eigenvalue weighted by Gasteiger charge is -2.17. The van der Waals surface area contributed by atoms with E-state index in [0.717, 1.165) is 11.1 Å². The number of hydrogen-bond donors (Lipinski definition) is 1. The molecule has 0 radical (unpaired) electrons. The van der Waals surface area contributed by atoms with E-state index >= 15 is 0 Å². The Morgan fingerprint density at radius 2 is 1.60 bits per heavy atom. The first-order valence-electron chi connectivity index (χ1n) is 6.39. The summed E-state index contributed by atoms with van der Waals surface area (Å²) in [5, 5.41) is 0. The summed E-state index contributed by atoms with van der Waals surface area (Å²) in [7, 11) is 0. The molecule has 4 heteroatoms. The molecule has 0 fully saturated rings. The van der Waals surface area contributed by atoms with Crippen molar-refractivity contribution in [1.29, 1.82) is 0 Å². The van der Waals surface area contributed by atoms with Crippen molar-refractivity contribution in [2.45, 2.75) is 19.1 Å². The van der Waals surface area contributed by atoms with Crippen LogP contribution in [0.3, 0.4) is 0 Å². The lowest BCUT2D eigenvalue weighted by atomic mass is 10.1. The highest BCUT2D eigenvalue weighted by Crippen LogP contribution is 2.23. The van der Waals surface area contributed by atoms with Gasteiger partial charge in [0.05, 0.1) is 19.1 Å². The van der Waals surface area contributed by atoms with Crippen LogP contribution in [0.2, 0.25) is 0 Å². The molecule has 4 nitrogen and oxygen atoms in total. The van der Waals surface area contributed by atoms with Gasteiger partial charge in [-0.15, -0.1) is 0 Å². The molecular weight excluding hydrogens is 254 g/mol. The fourth-order valence-electron chi connectivity index (χ4n) is 1.91. The number of ether oxygens (including phenoxy) is 1. The minimum absolute atomic E-state index is 0.0906. The van der Waals surface area contributed by atoms with Gasteiger partial charge in [0.15, 0.2) is 0 Å². The fraction of sp³-hybridized carbons (Fsp3) is 0.188. The first-order chi connectivity index (χ1) is 9.79. The van der Waals surface area contributed by atoms with Gasteiger partial charge in [-0.3, -0.25) is 4.79 Å². The number of nitrogens with two attached hydrogens (primary N) is 1. The third kappa shape index (κ3) is 4.19. The normalized spacial score (nSPS) is 11.8. The van der Waals surface area contributed by atoms with Crippen LogP contribution >= 0.6 is 0 Å². The van der Waals surface area contributed by atoms with Gasteiger partial charge >= 0.3 is 5.97 Å². The number of benzene rings is 2. The molecule has 2 aromatic rings. The molecule has 2 rings (SSSR count). The SMILES string of the molecule is NOC(=O)CC(OCc1ccccc1)c1ccccc1. The Balaban J connectivity index is 2.05. The zero-order valence-corrected chi connectivity index (χ0v) is 11.1. The van der Waals surface area contributed by atoms with Gasteiger partial charge in [0.2, 0.25) is 0 Å². The quantitative estimate of drug-likeness (QED) is 0.821. The molecule has 1 atom stereocenters. The van der Waals surface area contributed by atoms with Crippen molar-refractivity contribution in [3.8, 4) is 0 Å². The van der Waals surface area contributed by atoms with Crippen molar-refractivity contribution in [2.24, 2.45) is 5.90 Å². The Labute approximate surface area is 118 Å². The fourth-order valence-corrected chi connectivity index (χ4v) is 1.91. The number of hydrogen-bond acceptors (Lipinski definition) is 4. The molecule has 0 heterocycles. The minimum Gasteiger partial charge on any atom is -0.373 e. The Kier molecular flexibility index (Phi) is 5.29. The van der Waals surface area contributed by atoms with Gasteiger partial charge in [0.25, 0.3) is 0 Å². The largest absolute Gasteiger partial charge is 0.373 e. The minimum atomic E-state index is -0.494. The monoisotopic (exact) mass is 271 g/mol. The molecule has 0 amide bonds. The molecule has 0 aliphatic rings. The highest BCUT2D eigenvalue weighted by atomic mass is 16.7. The van der Waals surface area contributed by atoms with Gasteiger partial charge in [0.1, 0.15) is 0 Å². The standard InChI is InChI=1S/C16H17NO3/c17-20-16(18)11-15(14-9-5-2-6-10-14)19-12-13-7-3-1-4-8-13/h1-10,15H,11-12,17H2. The Hall–Kier alpha value is -2.17. The van der Waals surface area contributed by atoms with Crippen LogP contribution in [0.5, 0.6) is 0 Å². The van der Waals surface area contributed by atoms with E-state index in [0.29, 0.717) is 6.61 Å². The van der Waals surface area contributed by atoms with Crippen LogP contribution in [-0.2, 0) is 21.0 Å². The number of carbonyl (C=O) groups excluding carboxylic acids is 1. The molecule has 2 N–H and O–H groups in total. The third-order valence-corrected chi connectivity index (χ3v) is 2.95. The number of carbonyl (C=O) groups is 1. The molecule has 0 aliphatic carbocycles. The summed E-state index contributed by atoms with van der Waals surface area (Å²) in [6.45, 7) is 0.429. The summed E-state index contributed by atoms with van der Waals surface area (Å²) in [5.41, 5.74) is 1.98. The molecule has 0 saturated heterocycles. The van der Waals surface area contributed by atoms with Crippen molar-refractivity contribution >= 4 is 5.97 Å². The average molecular weight is 271 g/mol. The summed E-state index contributed by atoms with van der Waals surface area (Å²) in [5.74, 6) is 4.41. The Morgan fingerprint density at radius 1 is 1.00 bits per heavy atom. The lowest BCUT2D eigenvalue weighted by molar-refractivity contribution is -0.147. The maximum absolute atomic E-state index is 11.4. The van der Waals surface area contributed by atoms with Crippen molar-refractivity contribution in [2.75, 3.05) is 0 Å². The summed E-state index contributed by atoms with van der Waals surface area (Å²) in [6, 6.07) is 19.4. The lowest BCUT2D eigenvalue weighted by Crippen LogP contribution is -2.16. The van der Waals surface area contributed by atoms with Gasteiger partial charge in [-0.1, -0.05) is 60.7 Å². The molecule has 0 aliphatic heterocycles. The molecule has 1 unspecified atom stereocenters. The maximum Gasteiger partial charge on any atom is 0.327 e. The molecule has 2 aromatic carbocycles. The van der Waals surface area contributed by atoms with Gasteiger partial charge in [-0.2, -0.15) is 5.90 Å². The summed E-state index contributed by atoms with van der Waals surface area (Å²) in [6.07, 6.45) is -0.277. The molecule has 0 aromatic heterocycles. The van der Waals surface area contributed by atoms with Crippen LogP contribution in [0.4, 0.5) is 0 Å². The summed E-state index contributed by atoms with van der Waals surface area (Å²) in [4.78, 5) is 15.6. The second-order valence-electron chi connectivity index (χ2n) is 4.39. The van der Waals surface area contributed by atoms with Gasteiger partial charge in [-0.25, -0.2) is 0 Å². The van der Waals surface area contributed by atoms with Crippen LogP contribution < -0.4 is 5.90 Å². The van der Waals surface area contributed by atoms with Crippen molar-refractivity contribution in [1.82, 2.24) is 0 Å². The smallest absolute Gasteiger partial charge is 0.327 e. The number of rotatable bonds is 6. The van der Waals surface area contributed by atoms with E-state index in [1.165, 1.54) is 0 Å². The second-order valence-corrected chi connectivity index (χ2v) is 4.39. The highest BCUT2D eigenvalue weighted by molar-refractivity contribution is 5.69. The zero-order chi connectivity index (χ0) is 14.2. The Bertz CT molecular complexity index is 528. The van der Waals surface area contributed by atoms with Crippen LogP contribution in [-0.4, -0.2) is 5.97 Å². The van der Waals surface area contributed by atoms with Crippen LogP contribution in [0.15, 0.2) is 60.7 Å². The van der Waals surface area contributed by atoms with E-state index in [-0.39, 0.29) is 12.5 Å². The van der Waals surface area contributed by atoms with Crippen LogP contribution in [0.1, 0.15) is 23.7 Å². The van der Waals surface area contributed by atoms with E-state index in [9.17, 15) is 4.79 Å². The van der Waals surface area contributed by atoms with E-state index in [2.05, 4.69) is 4.84 Å². The van der Waals surface area contributed by atoms with Gasteiger partial charge < -0.3 is 9.57 Å². The van der Waals surface area contributed by atoms with E-state index in [1.807, 2.05) is 60.7 Å². The van der Waals surface area contributed by atoms with Crippen LogP contribution in [0.25, 0.3) is 0 Å². The third-order valence-electron chi connectivity index (χ3n) is 2.95.